The maximum atomic E-state index is 12.8. The van der Waals surface area contributed by atoms with Crippen LogP contribution < -0.4 is 11.2 Å². The third kappa shape index (κ3) is 5.07. The molecule has 0 radical (unpaired) electrons. The number of hydrazone groups is 1. The van der Waals surface area contributed by atoms with Crippen LogP contribution in [0.5, 0.6) is 0 Å². The number of para-hydroxylation sites is 2. The van der Waals surface area contributed by atoms with E-state index < -0.39 is 17.9 Å². The summed E-state index contributed by atoms with van der Waals surface area (Å²) in [5.74, 6) is 4.12. The van der Waals surface area contributed by atoms with Crippen molar-refractivity contribution in [1.29, 1.82) is 0 Å². The van der Waals surface area contributed by atoms with Crippen LogP contribution in [0.3, 0.4) is 0 Å². The van der Waals surface area contributed by atoms with Gasteiger partial charge in [0.25, 0.3) is 5.91 Å². The van der Waals surface area contributed by atoms with Gasteiger partial charge < -0.3 is 20.8 Å². The molecule has 8 heteroatoms. The number of aromatic nitrogens is 2. The highest BCUT2D eigenvalue weighted by Gasteiger charge is 2.24. The van der Waals surface area contributed by atoms with Crippen molar-refractivity contribution < 1.29 is 14.7 Å². The van der Waals surface area contributed by atoms with Gasteiger partial charge in [0.15, 0.2) is 0 Å². The summed E-state index contributed by atoms with van der Waals surface area (Å²) < 4.78 is 1.99. The Morgan fingerprint density at radius 1 is 1.06 bits per heavy atom. The second-order valence-electron chi connectivity index (χ2n) is 7.56. The molecule has 0 fully saturated rings. The smallest absolute Gasteiger partial charge is 0.326 e. The summed E-state index contributed by atoms with van der Waals surface area (Å²) in [5.41, 5.74) is 3.70. The highest BCUT2D eigenvalue weighted by Crippen LogP contribution is 2.19. The minimum absolute atomic E-state index is 0.0343. The average molecular weight is 441 g/mol. The zero-order valence-electron chi connectivity index (χ0n) is 17.8. The van der Waals surface area contributed by atoms with Crippen molar-refractivity contribution in [1.82, 2.24) is 14.9 Å². The van der Waals surface area contributed by atoms with E-state index >= 15 is 0 Å². The molecule has 0 aliphatic rings. The summed E-state index contributed by atoms with van der Waals surface area (Å²) >= 11 is 0. The number of hydrogen-bond donors (Lipinski definition) is 3. The number of benzene rings is 3. The van der Waals surface area contributed by atoms with E-state index in [0.717, 1.165) is 16.6 Å². The molecule has 1 atom stereocenters. The number of amides is 1. The average Bonchev–Trinajstić information content (AvgIpc) is 3.16. The third-order valence-electron chi connectivity index (χ3n) is 5.28. The first kappa shape index (κ1) is 21.8. The van der Waals surface area contributed by atoms with Gasteiger partial charge in [0.1, 0.15) is 11.9 Å². The van der Waals surface area contributed by atoms with E-state index in [2.05, 4.69) is 15.4 Å². The minimum atomic E-state index is -1.16. The number of carboxylic acids is 1. The van der Waals surface area contributed by atoms with Crippen LogP contribution >= 0.6 is 0 Å². The Kier molecular flexibility index (Phi) is 6.45. The SMILES string of the molecule is NN=Cc1cccc(C(=O)NC(Cc2nc3ccccc3n2Cc2ccccc2)C(=O)O)c1. The fraction of sp³-hybridized carbons (Fsp3) is 0.120. The maximum absolute atomic E-state index is 12.8. The lowest BCUT2D eigenvalue weighted by atomic mass is 10.1. The molecular weight excluding hydrogens is 418 g/mol. The first-order chi connectivity index (χ1) is 16.0. The number of fused-ring (bicyclic) bond motifs is 1. The molecule has 1 amide bonds. The van der Waals surface area contributed by atoms with Crippen molar-refractivity contribution in [3.8, 4) is 0 Å². The summed E-state index contributed by atoms with van der Waals surface area (Å²) in [6.45, 7) is 0.539. The van der Waals surface area contributed by atoms with E-state index in [-0.39, 0.29) is 6.42 Å². The molecule has 0 bridgehead atoms. The van der Waals surface area contributed by atoms with E-state index in [1.54, 1.807) is 24.3 Å². The number of nitrogens with one attached hydrogen (secondary N) is 1. The number of nitrogens with two attached hydrogens (primary N) is 1. The normalized spacial score (nSPS) is 12.1. The summed E-state index contributed by atoms with van der Waals surface area (Å²) in [6, 6.07) is 23.0. The van der Waals surface area contributed by atoms with Crippen LogP contribution in [-0.4, -0.2) is 38.8 Å². The molecular formula is C25H23N5O3. The lowest BCUT2D eigenvalue weighted by Crippen LogP contribution is -2.43. The van der Waals surface area contributed by atoms with Gasteiger partial charge in [-0.2, -0.15) is 5.10 Å². The molecule has 8 nitrogen and oxygen atoms in total. The van der Waals surface area contributed by atoms with Gasteiger partial charge in [-0.25, -0.2) is 9.78 Å². The van der Waals surface area contributed by atoms with E-state index in [4.69, 9.17) is 5.84 Å². The molecule has 3 aromatic carbocycles. The number of rotatable bonds is 8. The van der Waals surface area contributed by atoms with Crippen LogP contribution in [0.2, 0.25) is 0 Å². The topological polar surface area (TPSA) is 123 Å². The molecule has 0 saturated carbocycles. The van der Waals surface area contributed by atoms with Crippen molar-refractivity contribution in [2.24, 2.45) is 10.9 Å². The number of carboxylic acid groups (broad SMARTS) is 1. The largest absolute Gasteiger partial charge is 0.480 e. The third-order valence-corrected chi connectivity index (χ3v) is 5.28. The fourth-order valence-electron chi connectivity index (χ4n) is 3.69. The molecule has 1 unspecified atom stereocenters. The summed E-state index contributed by atoms with van der Waals surface area (Å²) in [7, 11) is 0. The molecule has 4 aromatic rings. The van der Waals surface area contributed by atoms with Crippen LogP contribution in [0, 0.1) is 0 Å². The standard InChI is InChI=1S/C25H23N5O3/c26-27-15-18-9-6-10-19(13-18)24(31)29-21(25(32)33)14-23-28-20-11-4-5-12-22(20)30(23)16-17-7-2-1-3-8-17/h1-13,15,21H,14,16,26H2,(H,29,31)(H,32,33). The van der Waals surface area contributed by atoms with Gasteiger partial charge in [-0.15, -0.1) is 0 Å². The lowest BCUT2D eigenvalue weighted by Gasteiger charge is -2.16. The van der Waals surface area contributed by atoms with Crippen molar-refractivity contribution in [2.45, 2.75) is 19.0 Å². The Morgan fingerprint density at radius 2 is 1.82 bits per heavy atom. The van der Waals surface area contributed by atoms with Crippen molar-refractivity contribution in [3.63, 3.8) is 0 Å². The number of nitrogens with zero attached hydrogens (tertiary/aromatic N) is 3. The number of imidazole rings is 1. The van der Waals surface area contributed by atoms with Crippen LogP contribution in [-0.2, 0) is 17.8 Å². The zero-order chi connectivity index (χ0) is 23.2. The summed E-state index contributed by atoms with van der Waals surface area (Å²) in [6.07, 6.45) is 1.45. The molecule has 1 aromatic heterocycles. The number of carbonyl (C=O) groups excluding carboxylic acids is 1. The van der Waals surface area contributed by atoms with Crippen LogP contribution in [0.4, 0.5) is 0 Å². The van der Waals surface area contributed by atoms with Crippen LogP contribution in [0.25, 0.3) is 11.0 Å². The Hall–Kier alpha value is -4.46. The second-order valence-corrected chi connectivity index (χ2v) is 7.56. The van der Waals surface area contributed by atoms with E-state index in [1.807, 2.05) is 59.2 Å². The van der Waals surface area contributed by atoms with Crippen LogP contribution in [0.1, 0.15) is 27.3 Å². The molecule has 4 N–H and O–H groups in total. The van der Waals surface area contributed by atoms with Gasteiger partial charge in [-0.05, 0) is 35.4 Å². The van der Waals surface area contributed by atoms with Crippen molar-refractivity contribution in [3.05, 3.63) is 101 Å². The fourth-order valence-corrected chi connectivity index (χ4v) is 3.69. The lowest BCUT2D eigenvalue weighted by molar-refractivity contribution is -0.139. The molecule has 4 rings (SSSR count). The molecule has 166 valence electrons. The Labute approximate surface area is 190 Å². The quantitative estimate of drug-likeness (QED) is 0.220. The first-order valence-corrected chi connectivity index (χ1v) is 10.4. The van der Waals surface area contributed by atoms with E-state index in [9.17, 15) is 14.7 Å². The van der Waals surface area contributed by atoms with Crippen molar-refractivity contribution >= 4 is 29.1 Å². The zero-order valence-corrected chi connectivity index (χ0v) is 17.8. The van der Waals surface area contributed by atoms with Gasteiger partial charge in [0.05, 0.1) is 17.2 Å². The highest BCUT2D eigenvalue weighted by molar-refractivity contribution is 5.98. The Morgan fingerprint density at radius 3 is 2.58 bits per heavy atom. The van der Waals surface area contributed by atoms with Gasteiger partial charge in [-0.1, -0.05) is 54.6 Å². The molecule has 33 heavy (non-hydrogen) atoms. The first-order valence-electron chi connectivity index (χ1n) is 10.4. The number of aliphatic carboxylic acids is 1. The minimum Gasteiger partial charge on any atom is -0.480 e. The molecule has 1 heterocycles. The maximum Gasteiger partial charge on any atom is 0.326 e. The van der Waals surface area contributed by atoms with Gasteiger partial charge in [0, 0.05) is 18.5 Å². The van der Waals surface area contributed by atoms with Gasteiger partial charge in [0.2, 0.25) is 0 Å². The summed E-state index contributed by atoms with van der Waals surface area (Å²) in [5, 5.41) is 15.9. The molecule has 0 saturated heterocycles. The Balaban J connectivity index is 1.62. The summed E-state index contributed by atoms with van der Waals surface area (Å²) in [4.78, 5) is 29.5. The number of hydrogen-bond acceptors (Lipinski definition) is 5. The molecule has 0 aliphatic carbocycles. The highest BCUT2D eigenvalue weighted by atomic mass is 16.4. The monoisotopic (exact) mass is 441 g/mol. The Bertz CT molecular complexity index is 1310. The second kappa shape index (κ2) is 9.78. The van der Waals surface area contributed by atoms with E-state index in [0.29, 0.717) is 23.5 Å². The predicted molar refractivity (Wildman–Crippen MR) is 126 cm³/mol. The predicted octanol–water partition coefficient (Wildman–Crippen LogP) is 2.80. The van der Waals surface area contributed by atoms with Gasteiger partial charge in [-0.3, -0.25) is 4.79 Å². The van der Waals surface area contributed by atoms with Crippen molar-refractivity contribution in [2.75, 3.05) is 0 Å². The van der Waals surface area contributed by atoms with Crippen LogP contribution in [0.15, 0.2) is 84.0 Å². The van der Waals surface area contributed by atoms with Gasteiger partial charge >= 0.3 is 5.97 Å². The number of carbonyl (C=O) groups is 2. The molecule has 0 aliphatic heterocycles. The molecule has 0 spiro atoms. The van der Waals surface area contributed by atoms with E-state index in [1.165, 1.54) is 6.21 Å².